The first-order valence-corrected chi connectivity index (χ1v) is 4.73. The molecule has 0 aromatic heterocycles. The molecule has 0 aliphatic rings. The molecule has 1 aromatic rings. The minimum absolute atomic E-state index is 0.654. The molecule has 1 rings (SSSR count). The zero-order valence-electron chi connectivity index (χ0n) is 7.78. The van der Waals surface area contributed by atoms with Crippen molar-refractivity contribution in [1.29, 1.82) is 0 Å². The van der Waals surface area contributed by atoms with E-state index >= 15 is 0 Å². The Morgan fingerprint density at radius 2 is 2.07 bits per heavy atom. The van der Waals surface area contributed by atoms with Gasteiger partial charge in [0.15, 0.2) is 0 Å². The van der Waals surface area contributed by atoms with Crippen molar-refractivity contribution in [3.8, 4) is 0 Å². The minimum Gasteiger partial charge on any atom is -0.411 e. The second kappa shape index (κ2) is 5.45. The largest absolute Gasteiger partial charge is 0.411 e. The highest BCUT2D eigenvalue weighted by Gasteiger charge is 2.02. The number of allylic oxidation sites excluding steroid dienone is 1. The molecule has 0 saturated carbocycles. The number of oxime groups is 1. The summed E-state index contributed by atoms with van der Waals surface area (Å²) in [7, 11) is 0. The van der Waals surface area contributed by atoms with Gasteiger partial charge >= 0.3 is 0 Å². The van der Waals surface area contributed by atoms with Crippen molar-refractivity contribution in [2.24, 2.45) is 5.16 Å². The Morgan fingerprint density at radius 1 is 1.43 bits per heavy atom. The number of rotatable bonds is 4. The van der Waals surface area contributed by atoms with Gasteiger partial charge in [-0.1, -0.05) is 35.0 Å². The van der Waals surface area contributed by atoms with E-state index in [2.05, 4.69) is 11.7 Å². The number of halogens is 1. The third kappa shape index (κ3) is 2.89. The molecule has 0 radical (unpaired) electrons. The van der Waals surface area contributed by atoms with Crippen molar-refractivity contribution in [2.75, 3.05) is 0 Å². The lowest BCUT2D eigenvalue weighted by atomic mass is 10.1. The van der Waals surface area contributed by atoms with E-state index in [4.69, 9.17) is 16.8 Å². The molecule has 1 aromatic carbocycles. The van der Waals surface area contributed by atoms with E-state index < -0.39 is 0 Å². The third-order valence-electron chi connectivity index (χ3n) is 1.88. The molecule has 0 atom stereocenters. The molecular weight excluding hydrogens is 198 g/mol. The topological polar surface area (TPSA) is 32.6 Å². The maximum atomic E-state index is 8.80. The first-order chi connectivity index (χ1) is 6.77. The molecule has 0 fully saturated rings. The monoisotopic (exact) mass is 209 g/mol. The predicted octanol–water partition coefficient (Wildman–Crippen LogP) is 3.48. The van der Waals surface area contributed by atoms with Gasteiger partial charge in [0.1, 0.15) is 0 Å². The van der Waals surface area contributed by atoms with Gasteiger partial charge in [-0.05, 0) is 30.5 Å². The van der Waals surface area contributed by atoms with Crippen molar-refractivity contribution in [3.05, 3.63) is 47.5 Å². The summed E-state index contributed by atoms with van der Waals surface area (Å²) in [6.45, 7) is 3.62. The van der Waals surface area contributed by atoms with Crippen LogP contribution in [0, 0.1) is 0 Å². The van der Waals surface area contributed by atoms with E-state index in [0.29, 0.717) is 17.2 Å². The molecule has 3 heteroatoms. The second-order valence-electron chi connectivity index (χ2n) is 2.88. The highest BCUT2D eigenvalue weighted by Crippen LogP contribution is 2.12. The Hall–Kier alpha value is -1.28. The van der Waals surface area contributed by atoms with Gasteiger partial charge in [-0.2, -0.15) is 0 Å². The summed E-state index contributed by atoms with van der Waals surface area (Å²) >= 11 is 5.75. The van der Waals surface area contributed by atoms with Crippen LogP contribution in [0.4, 0.5) is 0 Å². The van der Waals surface area contributed by atoms with Gasteiger partial charge in [-0.3, -0.25) is 0 Å². The smallest absolute Gasteiger partial charge is 0.0870 e. The van der Waals surface area contributed by atoms with Gasteiger partial charge in [0.2, 0.25) is 0 Å². The maximum absolute atomic E-state index is 8.80. The molecule has 74 valence electrons. The summed E-state index contributed by atoms with van der Waals surface area (Å²) in [5.74, 6) is 0. The van der Waals surface area contributed by atoms with Crippen LogP contribution in [0.15, 0.2) is 42.1 Å². The van der Waals surface area contributed by atoms with E-state index in [1.165, 1.54) is 0 Å². The van der Waals surface area contributed by atoms with Crippen LogP contribution in [-0.2, 0) is 0 Å². The second-order valence-corrected chi connectivity index (χ2v) is 3.32. The summed E-state index contributed by atoms with van der Waals surface area (Å²) in [5.41, 5.74) is 1.54. The lowest BCUT2D eigenvalue weighted by Gasteiger charge is -2.02. The van der Waals surface area contributed by atoms with Crippen molar-refractivity contribution in [2.45, 2.75) is 12.8 Å². The molecule has 1 N–H and O–H groups in total. The number of nitrogens with zero attached hydrogens (tertiary/aromatic N) is 1. The third-order valence-corrected chi connectivity index (χ3v) is 2.14. The summed E-state index contributed by atoms with van der Waals surface area (Å²) in [4.78, 5) is 0. The fraction of sp³-hybridized carbons (Fsp3) is 0.182. The van der Waals surface area contributed by atoms with Crippen LogP contribution >= 0.6 is 11.6 Å². The average Bonchev–Trinajstić information content (AvgIpc) is 2.21. The molecule has 0 heterocycles. The number of hydrogen-bond donors (Lipinski definition) is 1. The van der Waals surface area contributed by atoms with Crippen LogP contribution < -0.4 is 0 Å². The Morgan fingerprint density at radius 3 is 2.57 bits per heavy atom. The first kappa shape index (κ1) is 10.8. The van der Waals surface area contributed by atoms with Crippen molar-refractivity contribution >= 4 is 17.3 Å². The van der Waals surface area contributed by atoms with Gasteiger partial charge in [-0.25, -0.2) is 0 Å². The Balaban J connectivity index is 2.79. The average molecular weight is 210 g/mol. The highest BCUT2D eigenvalue weighted by atomic mass is 35.5. The molecule has 0 unspecified atom stereocenters. The van der Waals surface area contributed by atoms with Crippen molar-refractivity contribution in [3.63, 3.8) is 0 Å². The van der Waals surface area contributed by atoms with Gasteiger partial charge in [0.25, 0.3) is 0 Å². The minimum atomic E-state index is 0.654. The van der Waals surface area contributed by atoms with Crippen molar-refractivity contribution in [1.82, 2.24) is 0 Å². The van der Waals surface area contributed by atoms with E-state index in [-0.39, 0.29) is 0 Å². The van der Waals surface area contributed by atoms with Gasteiger partial charge in [-0.15, -0.1) is 6.58 Å². The maximum Gasteiger partial charge on any atom is 0.0870 e. The standard InChI is InChI=1S/C11H12ClNO/c1-2-3-4-11(13-14)9-5-7-10(12)8-6-9/h2,5-8,14H,1,3-4H2/b13-11-. The quantitative estimate of drug-likeness (QED) is 0.350. The summed E-state index contributed by atoms with van der Waals surface area (Å²) in [6, 6.07) is 7.22. The molecule has 0 spiro atoms. The van der Waals surface area contributed by atoms with Crippen LogP contribution in [0.3, 0.4) is 0 Å². The van der Waals surface area contributed by atoms with Crippen LogP contribution in [0.5, 0.6) is 0 Å². The molecule has 0 bridgehead atoms. The van der Waals surface area contributed by atoms with Crippen LogP contribution in [-0.4, -0.2) is 10.9 Å². The van der Waals surface area contributed by atoms with Crippen LogP contribution in [0.1, 0.15) is 18.4 Å². The lowest BCUT2D eigenvalue weighted by Crippen LogP contribution is -1.99. The zero-order valence-corrected chi connectivity index (χ0v) is 8.54. The van der Waals surface area contributed by atoms with E-state index in [9.17, 15) is 0 Å². The van der Waals surface area contributed by atoms with Crippen molar-refractivity contribution < 1.29 is 5.21 Å². The molecule has 0 saturated heterocycles. The SMILES string of the molecule is C=CCC/C(=N/O)c1ccc(Cl)cc1. The van der Waals surface area contributed by atoms with E-state index in [0.717, 1.165) is 12.0 Å². The molecule has 0 aliphatic heterocycles. The molecular formula is C11H12ClNO. The number of hydrogen-bond acceptors (Lipinski definition) is 2. The summed E-state index contributed by atoms with van der Waals surface area (Å²) in [6.07, 6.45) is 3.27. The van der Waals surface area contributed by atoms with Crippen LogP contribution in [0.2, 0.25) is 5.02 Å². The molecule has 0 amide bonds. The van der Waals surface area contributed by atoms with Crippen LogP contribution in [0.25, 0.3) is 0 Å². The molecule has 2 nitrogen and oxygen atoms in total. The van der Waals surface area contributed by atoms with Gasteiger partial charge in [0.05, 0.1) is 5.71 Å². The zero-order chi connectivity index (χ0) is 10.4. The fourth-order valence-electron chi connectivity index (χ4n) is 1.13. The predicted molar refractivity (Wildman–Crippen MR) is 59.2 cm³/mol. The van der Waals surface area contributed by atoms with E-state index in [1.807, 2.05) is 12.1 Å². The Kier molecular flexibility index (Phi) is 4.20. The molecule has 14 heavy (non-hydrogen) atoms. The normalized spacial score (nSPS) is 11.4. The Labute approximate surface area is 88.5 Å². The van der Waals surface area contributed by atoms with Gasteiger partial charge < -0.3 is 5.21 Å². The lowest BCUT2D eigenvalue weighted by molar-refractivity contribution is 0.318. The first-order valence-electron chi connectivity index (χ1n) is 4.35. The Bertz CT molecular complexity index is 330. The van der Waals surface area contributed by atoms with E-state index in [1.54, 1.807) is 18.2 Å². The summed E-state index contributed by atoms with van der Waals surface area (Å²) in [5, 5.41) is 12.7. The highest BCUT2D eigenvalue weighted by molar-refractivity contribution is 6.30. The molecule has 0 aliphatic carbocycles. The fourth-order valence-corrected chi connectivity index (χ4v) is 1.26. The van der Waals surface area contributed by atoms with Gasteiger partial charge in [0, 0.05) is 5.02 Å². The summed E-state index contributed by atoms with van der Waals surface area (Å²) < 4.78 is 0. The number of benzene rings is 1.